The summed E-state index contributed by atoms with van der Waals surface area (Å²) in [5.74, 6) is -2.08. The Hall–Kier alpha value is -2.23. The topological polar surface area (TPSA) is 29.1 Å². The fourth-order valence-electron chi connectivity index (χ4n) is 1.72. The smallest absolute Gasteiger partial charge is 0.162 e. The van der Waals surface area contributed by atoms with E-state index in [1.807, 2.05) is 30.3 Å². The third-order valence-corrected chi connectivity index (χ3v) is 2.68. The Morgan fingerprint density at radius 1 is 1.00 bits per heavy atom. The van der Waals surface area contributed by atoms with E-state index in [-0.39, 0.29) is 24.3 Å². The van der Waals surface area contributed by atoms with Gasteiger partial charge in [-0.3, -0.25) is 4.79 Å². The minimum absolute atomic E-state index is 0.0832. The van der Waals surface area contributed by atoms with Crippen molar-refractivity contribution in [3.8, 4) is 0 Å². The summed E-state index contributed by atoms with van der Waals surface area (Å²) in [7, 11) is 0. The van der Waals surface area contributed by atoms with E-state index in [4.69, 9.17) is 0 Å². The Labute approximate surface area is 110 Å². The molecular weight excluding hydrogens is 248 g/mol. The van der Waals surface area contributed by atoms with Crippen LogP contribution in [0, 0.1) is 11.6 Å². The predicted octanol–water partition coefficient (Wildman–Crippen LogP) is 3.19. The molecule has 0 amide bonds. The summed E-state index contributed by atoms with van der Waals surface area (Å²) in [5, 5.41) is 2.93. The number of carbonyl (C=O) groups is 1. The van der Waals surface area contributed by atoms with Crippen LogP contribution >= 0.6 is 0 Å². The molecule has 0 unspecified atom stereocenters. The van der Waals surface area contributed by atoms with Crippen molar-refractivity contribution in [2.45, 2.75) is 6.42 Å². The van der Waals surface area contributed by atoms with E-state index in [1.165, 1.54) is 12.1 Å². The van der Waals surface area contributed by atoms with Crippen LogP contribution in [0.3, 0.4) is 0 Å². The molecule has 0 saturated carbocycles. The van der Waals surface area contributed by atoms with E-state index >= 15 is 0 Å². The molecule has 2 aromatic carbocycles. The molecule has 0 saturated heterocycles. The average molecular weight is 261 g/mol. The van der Waals surface area contributed by atoms with Gasteiger partial charge in [-0.15, -0.1) is 0 Å². The highest BCUT2D eigenvalue weighted by Crippen LogP contribution is 2.12. The van der Waals surface area contributed by atoms with Crippen LogP contribution in [0.1, 0.15) is 5.56 Å². The maximum absolute atomic E-state index is 13.4. The number of carbonyl (C=O) groups excluding carboxylic acids is 1. The highest BCUT2D eigenvalue weighted by atomic mass is 19.2. The largest absolute Gasteiger partial charge is 0.378 e. The molecule has 0 aliphatic carbocycles. The molecule has 0 radical (unpaired) electrons. The van der Waals surface area contributed by atoms with Gasteiger partial charge in [0.25, 0.3) is 0 Å². The average Bonchev–Trinajstić information content (AvgIpc) is 2.43. The van der Waals surface area contributed by atoms with Crippen molar-refractivity contribution in [3.05, 3.63) is 65.7 Å². The third-order valence-electron chi connectivity index (χ3n) is 2.68. The Kier molecular flexibility index (Phi) is 4.23. The molecule has 0 atom stereocenters. The zero-order valence-electron chi connectivity index (χ0n) is 10.2. The molecule has 4 heteroatoms. The molecule has 19 heavy (non-hydrogen) atoms. The number of anilines is 1. The Morgan fingerprint density at radius 3 is 2.47 bits per heavy atom. The lowest BCUT2D eigenvalue weighted by Crippen LogP contribution is -2.16. The summed E-state index contributed by atoms with van der Waals surface area (Å²) in [4.78, 5) is 11.7. The minimum Gasteiger partial charge on any atom is -0.378 e. The first-order valence-corrected chi connectivity index (χ1v) is 5.90. The number of nitrogens with one attached hydrogen (secondary N) is 1. The van der Waals surface area contributed by atoms with Crippen molar-refractivity contribution in [3.63, 3.8) is 0 Å². The summed E-state index contributed by atoms with van der Waals surface area (Å²) in [6, 6.07) is 13.1. The number of halogens is 2. The quantitative estimate of drug-likeness (QED) is 0.895. The Balaban J connectivity index is 1.93. The summed E-state index contributed by atoms with van der Waals surface area (Å²) in [6.45, 7) is 0.0833. The van der Waals surface area contributed by atoms with Crippen molar-refractivity contribution >= 4 is 11.5 Å². The number of benzene rings is 2. The molecule has 1 N–H and O–H groups in total. The van der Waals surface area contributed by atoms with Gasteiger partial charge in [-0.05, 0) is 23.8 Å². The van der Waals surface area contributed by atoms with Crippen molar-refractivity contribution in [2.75, 3.05) is 11.9 Å². The molecule has 0 bridgehead atoms. The first kappa shape index (κ1) is 13.2. The van der Waals surface area contributed by atoms with Crippen molar-refractivity contribution < 1.29 is 13.6 Å². The summed E-state index contributed by atoms with van der Waals surface area (Å²) < 4.78 is 26.4. The van der Waals surface area contributed by atoms with Crippen LogP contribution < -0.4 is 5.32 Å². The van der Waals surface area contributed by atoms with Gasteiger partial charge in [-0.2, -0.15) is 0 Å². The second-order valence-corrected chi connectivity index (χ2v) is 4.15. The number of rotatable bonds is 5. The van der Waals surface area contributed by atoms with Crippen LogP contribution in [-0.2, 0) is 11.2 Å². The van der Waals surface area contributed by atoms with E-state index in [0.717, 1.165) is 11.8 Å². The van der Waals surface area contributed by atoms with Gasteiger partial charge in [0.05, 0.1) is 6.54 Å². The highest BCUT2D eigenvalue weighted by Gasteiger charge is 2.11. The maximum atomic E-state index is 13.4. The van der Waals surface area contributed by atoms with Gasteiger partial charge < -0.3 is 5.32 Å². The molecule has 0 spiro atoms. The molecule has 2 nitrogen and oxygen atoms in total. The molecule has 0 fully saturated rings. The fraction of sp³-hybridized carbons (Fsp3) is 0.133. The highest BCUT2D eigenvalue weighted by molar-refractivity contribution is 5.85. The SMILES string of the molecule is O=C(CNc1ccccc1)Cc1cccc(F)c1F. The fourth-order valence-corrected chi connectivity index (χ4v) is 1.72. The second kappa shape index (κ2) is 6.09. The van der Waals surface area contributed by atoms with Crippen molar-refractivity contribution in [1.82, 2.24) is 0 Å². The normalized spacial score (nSPS) is 10.2. The molecular formula is C15H13F2NO. The van der Waals surface area contributed by atoms with Crippen LogP contribution in [-0.4, -0.2) is 12.3 Å². The van der Waals surface area contributed by atoms with Crippen LogP contribution in [0.15, 0.2) is 48.5 Å². The Bertz CT molecular complexity index is 570. The van der Waals surface area contributed by atoms with E-state index in [2.05, 4.69) is 5.32 Å². The molecule has 98 valence electrons. The van der Waals surface area contributed by atoms with E-state index in [1.54, 1.807) is 0 Å². The van der Waals surface area contributed by atoms with Gasteiger partial charge in [0.2, 0.25) is 0 Å². The lowest BCUT2D eigenvalue weighted by atomic mass is 10.1. The van der Waals surface area contributed by atoms with Gasteiger partial charge in [0, 0.05) is 12.1 Å². The van der Waals surface area contributed by atoms with Gasteiger partial charge in [0.1, 0.15) is 0 Å². The lowest BCUT2D eigenvalue weighted by Gasteiger charge is -2.06. The minimum atomic E-state index is -0.949. The van der Waals surface area contributed by atoms with Crippen molar-refractivity contribution in [1.29, 1.82) is 0 Å². The molecule has 2 aromatic rings. The lowest BCUT2D eigenvalue weighted by molar-refractivity contribution is -0.116. The third kappa shape index (κ3) is 3.61. The summed E-state index contributed by atoms with van der Waals surface area (Å²) in [6.07, 6.45) is -0.122. The summed E-state index contributed by atoms with van der Waals surface area (Å²) in [5.41, 5.74) is 0.899. The predicted molar refractivity (Wildman–Crippen MR) is 70.0 cm³/mol. The number of hydrogen-bond donors (Lipinski definition) is 1. The van der Waals surface area contributed by atoms with E-state index in [0.29, 0.717) is 0 Å². The summed E-state index contributed by atoms with van der Waals surface area (Å²) >= 11 is 0. The number of para-hydroxylation sites is 1. The monoisotopic (exact) mass is 261 g/mol. The maximum Gasteiger partial charge on any atom is 0.162 e. The van der Waals surface area contributed by atoms with Gasteiger partial charge in [-0.25, -0.2) is 8.78 Å². The van der Waals surface area contributed by atoms with Gasteiger partial charge in [0.15, 0.2) is 17.4 Å². The molecule has 0 aliphatic rings. The van der Waals surface area contributed by atoms with Gasteiger partial charge in [-0.1, -0.05) is 30.3 Å². The molecule has 0 aliphatic heterocycles. The van der Waals surface area contributed by atoms with Crippen LogP contribution in [0.5, 0.6) is 0 Å². The zero-order chi connectivity index (χ0) is 13.7. The zero-order valence-corrected chi connectivity index (χ0v) is 10.2. The number of Topliss-reactive ketones (excluding diaryl/α,β-unsaturated/α-hetero) is 1. The number of ketones is 1. The van der Waals surface area contributed by atoms with Crippen LogP contribution in [0.25, 0.3) is 0 Å². The van der Waals surface area contributed by atoms with Crippen LogP contribution in [0.4, 0.5) is 14.5 Å². The molecule has 0 heterocycles. The van der Waals surface area contributed by atoms with E-state index in [9.17, 15) is 13.6 Å². The van der Waals surface area contributed by atoms with Crippen LogP contribution in [0.2, 0.25) is 0 Å². The first-order chi connectivity index (χ1) is 9.16. The number of hydrogen-bond acceptors (Lipinski definition) is 2. The van der Waals surface area contributed by atoms with Gasteiger partial charge >= 0.3 is 0 Å². The van der Waals surface area contributed by atoms with Crippen molar-refractivity contribution in [2.24, 2.45) is 0 Å². The molecule has 2 rings (SSSR count). The second-order valence-electron chi connectivity index (χ2n) is 4.15. The Morgan fingerprint density at radius 2 is 1.74 bits per heavy atom. The molecule has 0 aromatic heterocycles. The first-order valence-electron chi connectivity index (χ1n) is 5.90. The standard InChI is InChI=1S/C15H13F2NO/c16-14-8-4-5-11(15(14)17)9-13(19)10-18-12-6-2-1-3-7-12/h1-8,18H,9-10H2. The van der Waals surface area contributed by atoms with E-state index < -0.39 is 11.6 Å².